The van der Waals surface area contributed by atoms with Crippen LogP contribution in [-0.2, 0) is 21.1 Å². The topological polar surface area (TPSA) is 11.6 Å². The van der Waals surface area contributed by atoms with E-state index in [4.69, 9.17) is 0 Å². The summed E-state index contributed by atoms with van der Waals surface area (Å²) in [6, 6.07) is 25.6. The Kier molecular flexibility index (Phi) is 4.74. The molecule has 0 fully saturated rings. The number of hydrogen-bond acceptors (Lipinski definition) is 0. The summed E-state index contributed by atoms with van der Waals surface area (Å²) in [5.74, 6) is 0. The van der Waals surface area contributed by atoms with Crippen molar-refractivity contribution in [3.05, 3.63) is 90.8 Å². The normalized spacial score (nSPS) is 10.9. The fraction of sp³-hybridized carbons (Fsp3) is 0.160. The third kappa shape index (κ3) is 3.20. The number of aryl methyl sites for hydroxylation is 3. The third-order valence-electron chi connectivity index (χ3n) is 5.38. The minimum atomic E-state index is 1.19. The molecule has 0 spiro atoms. The van der Waals surface area contributed by atoms with Gasteiger partial charge in [0.15, 0.2) is 12.4 Å². The van der Waals surface area contributed by atoms with Crippen molar-refractivity contribution in [1.82, 2.24) is 0 Å². The second kappa shape index (κ2) is 7.35. The molecular formula is C25H26N3+3. The van der Waals surface area contributed by atoms with Crippen LogP contribution in [0.15, 0.2) is 85.2 Å². The van der Waals surface area contributed by atoms with Gasteiger partial charge in [0.1, 0.15) is 21.1 Å². The molecule has 1 aromatic carbocycles. The van der Waals surface area contributed by atoms with Crippen LogP contribution in [0, 0.1) is 6.92 Å². The number of hydrogen-bond donors (Lipinski definition) is 0. The van der Waals surface area contributed by atoms with Gasteiger partial charge < -0.3 is 0 Å². The van der Waals surface area contributed by atoms with Gasteiger partial charge in [-0.15, -0.1) is 0 Å². The van der Waals surface area contributed by atoms with Crippen molar-refractivity contribution in [3.63, 3.8) is 0 Å². The molecular weight excluding hydrogens is 342 g/mol. The van der Waals surface area contributed by atoms with E-state index >= 15 is 0 Å². The first-order valence-electron chi connectivity index (χ1n) is 9.56. The number of aromatic nitrogens is 3. The van der Waals surface area contributed by atoms with E-state index in [1.54, 1.807) is 0 Å². The Morgan fingerprint density at radius 2 is 1.25 bits per heavy atom. The Hall–Kier alpha value is -3.33. The molecule has 0 saturated heterocycles. The lowest BCUT2D eigenvalue weighted by Gasteiger charge is -2.08. The van der Waals surface area contributed by atoms with Gasteiger partial charge in [-0.05, 0) is 30.2 Å². The van der Waals surface area contributed by atoms with Gasteiger partial charge in [0, 0.05) is 35.9 Å². The molecule has 0 radical (unpaired) electrons. The molecule has 3 aromatic heterocycles. The molecule has 3 heterocycles. The van der Waals surface area contributed by atoms with Crippen LogP contribution in [0.4, 0.5) is 0 Å². The first-order chi connectivity index (χ1) is 13.6. The van der Waals surface area contributed by atoms with Crippen LogP contribution in [-0.4, -0.2) is 0 Å². The van der Waals surface area contributed by atoms with E-state index in [0.29, 0.717) is 0 Å². The van der Waals surface area contributed by atoms with Crippen molar-refractivity contribution in [3.8, 4) is 33.9 Å². The second-order valence-electron chi connectivity index (χ2n) is 7.28. The van der Waals surface area contributed by atoms with Gasteiger partial charge in [-0.1, -0.05) is 30.3 Å². The van der Waals surface area contributed by atoms with Gasteiger partial charge in [0.25, 0.3) is 22.8 Å². The Labute approximate surface area is 166 Å². The number of nitrogens with zero attached hydrogens (tertiary/aromatic N) is 3. The second-order valence-corrected chi connectivity index (χ2v) is 7.28. The maximum absolute atomic E-state index is 2.28. The van der Waals surface area contributed by atoms with Crippen LogP contribution in [0.2, 0.25) is 0 Å². The van der Waals surface area contributed by atoms with Gasteiger partial charge >= 0.3 is 0 Å². The lowest BCUT2D eigenvalue weighted by atomic mass is 10.0. The van der Waals surface area contributed by atoms with Gasteiger partial charge in [-0.2, -0.15) is 13.7 Å². The molecule has 4 rings (SSSR count). The molecule has 4 aromatic rings. The summed E-state index contributed by atoms with van der Waals surface area (Å²) in [5.41, 5.74) is 8.54. The first kappa shape index (κ1) is 18.1. The highest BCUT2D eigenvalue weighted by atomic mass is 15.0. The molecule has 0 saturated carbocycles. The molecule has 28 heavy (non-hydrogen) atoms. The molecule has 3 heteroatoms. The van der Waals surface area contributed by atoms with Gasteiger partial charge in [-0.25, -0.2) is 0 Å². The minimum Gasteiger partial charge on any atom is -0.196 e. The van der Waals surface area contributed by atoms with E-state index in [0.717, 1.165) is 0 Å². The summed E-state index contributed by atoms with van der Waals surface area (Å²) >= 11 is 0. The molecule has 0 unspecified atom stereocenters. The van der Waals surface area contributed by atoms with Crippen LogP contribution in [0.3, 0.4) is 0 Å². The quantitative estimate of drug-likeness (QED) is 0.491. The van der Waals surface area contributed by atoms with E-state index in [1.165, 1.54) is 39.5 Å². The molecule has 138 valence electrons. The minimum absolute atomic E-state index is 1.19. The predicted octanol–water partition coefficient (Wildman–Crippen LogP) is 3.47. The van der Waals surface area contributed by atoms with Crippen LogP contribution < -0.4 is 13.7 Å². The molecule has 0 aliphatic heterocycles. The van der Waals surface area contributed by atoms with Crippen molar-refractivity contribution in [1.29, 1.82) is 0 Å². The first-order valence-corrected chi connectivity index (χ1v) is 9.56. The van der Waals surface area contributed by atoms with E-state index < -0.39 is 0 Å². The Balaban J connectivity index is 1.86. The predicted molar refractivity (Wildman–Crippen MR) is 111 cm³/mol. The Bertz CT molecular complexity index is 1150. The smallest absolute Gasteiger partial charge is 0.196 e. The van der Waals surface area contributed by atoms with Crippen molar-refractivity contribution in [2.45, 2.75) is 6.92 Å². The summed E-state index contributed by atoms with van der Waals surface area (Å²) in [6.45, 7) is 2.19. The van der Waals surface area contributed by atoms with Crippen LogP contribution in [0.5, 0.6) is 0 Å². The van der Waals surface area contributed by atoms with E-state index in [-0.39, 0.29) is 0 Å². The van der Waals surface area contributed by atoms with E-state index in [2.05, 4.69) is 127 Å². The molecule has 3 nitrogen and oxygen atoms in total. The van der Waals surface area contributed by atoms with Crippen molar-refractivity contribution >= 4 is 0 Å². The van der Waals surface area contributed by atoms with E-state index in [9.17, 15) is 0 Å². The summed E-state index contributed by atoms with van der Waals surface area (Å²) in [4.78, 5) is 0. The van der Waals surface area contributed by atoms with Gasteiger partial charge in [-0.3, -0.25) is 0 Å². The van der Waals surface area contributed by atoms with Crippen LogP contribution in [0.25, 0.3) is 33.9 Å². The molecule has 0 aliphatic rings. The highest BCUT2D eigenvalue weighted by Gasteiger charge is 2.27. The number of pyridine rings is 3. The Morgan fingerprint density at radius 1 is 0.607 bits per heavy atom. The number of benzene rings is 1. The Morgan fingerprint density at radius 3 is 1.96 bits per heavy atom. The summed E-state index contributed by atoms with van der Waals surface area (Å²) < 4.78 is 6.65. The van der Waals surface area contributed by atoms with Crippen molar-refractivity contribution < 1.29 is 13.7 Å². The summed E-state index contributed by atoms with van der Waals surface area (Å²) in [6.07, 6.45) is 4.32. The highest BCUT2D eigenvalue weighted by molar-refractivity contribution is 5.67. The lowest BCUT2D eigenvalue weighted by molar-refractivity contribution is -0.697. The fourth-order valence-electron chi connectivity index (χ4n) is 3.81. The molecule has 0 amide bonds. The zero-order chi connectivity index (χ0) is 19.7. The third-order valence-corrected chi connectivity index (χ3v) is 5.38. The van der Waals surface area contributed by atoms with Crippen molar-refractivity contribution in [2.24, 2.45) is 21.1 Å². The highest BCUT2D eigenvalue weighted by Crippen LogP contribution is 2.25. The molecule has 0 bridgehead atoms. The average molecular weight is 369 g/mol. The molecule has 0 aliphatic carbocycles. The molecule has 0 atom stereocenters. The average Bonchev–Trinajstić information content (AvgIpc) is 2.71. The van der Waals surface area contributed by atoms with Crippen LogP contribution in [0.1, 0.15) is 5.56 Å². The fourth-order valence-corrected chi connectivity index (χ4v) is 3.81. The van der Waals surface area contributed by atoms with Gasteiger partial charge in [0.2, 0.25) is 0 Å². The van der Waals surface area contributed by atoms with Gasteiger partial charge in [0.05, 0.1) is 0 Å². The largest absolute Gasteiger partial charge is 0.277 e. The maximum Gasteiger partial charge on any atom is 0.277 e. The van der Waals surface area contributed by atoms with E-state index in [1.807, 2.05) is 0 Å². The SMILES string of the molecule is Cc1cc(-c2cccc(-c3cccc[n+]3C)[n+]2C)[n+](C)cc1-c1ccccc1. The zero-order valence-electron chi connectivity index (χ0n) is 16.9. The monoisotopic (exact) mass is 368 g/mol. The molecule has 0 N–H and O–H groups in total. The maximum atomic E-state index is 2.28. The van der Waals surface area contributed by atoms with Crippen molar-refractivity contribution in [2.75, 3.05) is 0 Å². The lowest BCUT2D eigenvalue weighted by Crippen LogP contribution is -2.42. The summed E-state index contributed by atoms with van der Waals surface area (Å²) in [5, 5.41) is 0. The summed E-state index contributed by atoms with van der Waals surface area (Å²) in [7, 11) is 6.34. The zero-order valence-corrected chi connectivity index (χ0v) is 16.9. The van der Waals surface area contributed by atoms with Crippen LogP contribution >= 0.6 is 0 Å². The number of rotatable bonds is 3. The standard InChI is InChI=1S/C25H26N3/c1-19-17-25(27(3)18-21(19)20-11-6-5-7-12-20)24-15-10-14-23(28(24)4)22-13-8-9-16-26(22)2/h5-18H,1-4H3/q+3.